The van der Waals surface area contributed by atoms with Gasteiger partial charge < -0.3 is 4.74 Å². The number of nitrogens with zero attached hydrogens (tertiary/aromatic N) is 3. The molecule has 0 fully saturated rings. The normalized spacial score (nSPS) is 11.2. The maximum absolute atomic E-state index is 13.3. The van der Waals surface area contributed by atoms with Gasteiger partial charge in [-0.05, 0) is 35.9 Å². The van der Waals surface area contributed by atoms with Crippen molar-refractivity contribution >= 4 is 11.4 Å². The van der Waals surface area contributed by atoms with E-state index in [0.29, 0.717) is 11.6 Å². The van der Waals surface area contributed by atoms with E-state index in [0.717, 1.165) is 18.2 Å². The Labute approximate surface area is 166 Å². The number of nitrogens with one attached hydrogen (secondary N) is 1. The number of ether oxygens (including phenoxy) is 1. The first-order valence-corrected chi connectivity index (χ1v) is 8.18. The quantitative estimate of drug-likeness (QED) is 0.393. The predicted molar refractivity (Wildman–Crippen MR) is 94.4 cm³/mol. The first-order chi connectivity index (χ1) is 14.0. The van der Waals surface area contributed by atoms with Crippen LogP contribution in [0.15, 0.2) is 47.6 Å². The second kappa shape index (κ2) is 9.18. The largest absolute Gasteiger partial charge is 0.493 e. The lowest BCUT2D eigenvalue weighted by molar-refractivity contribution is -0.139. The van der Waals surface area contributed by atoms with E-state index in [1.807, 2.05) is 0 Å². The van der Waals surface area contributed by atoms with Crippen molar-refractivity contribution in [3.63, 3.8) is 0 Å². The summed E-state index contributed by atoms with van der Waals surface area (Å²) in [6, 6.07) is 10.1. The molecule has 0 heterocycles. The van der Waals surface area contributed by atoms with E-state index >= 15 is 0 Å². The summed E-state index contributed by atoms with van der Waals surface area (Å²) >= 11 is 0. The van der Waals surface area contributed by atoms with Gasteiger partial charge in [0.1, 0.15) is 17.9 Å². The van der Waals surface area contributed by atoms with Crippen molar-refractivity contribution < 1.29 is 31.1 Å². The number of benzene rings is 2. The molecule has 0 bridgehead atoms. The van der Waals surface area contributed by atoms with E-state index in [9.17, 15) is 26.3 Å². The molecule has 1 N–H and O–H groups in total. The number of rotatable bonds is 6. The summed E-state index contributed by atoms with van der Waals surface area (Å²) < 4.78 is 82.7. The van der Waals surface area contributed by atoms with Gasteiger partial charge in [0.25, 0.3) is 0 Å². The molecule has 0 aromatic heterocycles. The molecule has 0 radical (unpaired) electrons. The molecule has 2 rings (SSSR count). The SMILES string of the molecule is N#CC(C#N)=NNc1ccc(OCCc2ccc(C(F)(F)F)cc2)c(C(F)(F)F)c1. The van der Waals surface area contributed by atoms with Crippen molar-refractivity contribution in [3.8, 4) is 17.9 Å². The van der Waals surface area contributed by atoms with Gasteiger partial charge in [-0.1, -0.05) is 12.1 Å². The maximum Gasteiger partial charge on any atom is 0.420 e. The Kier molecular flexibility index (Phi) is 6.90. The average Bonchev–Trinajstić information content (AvgIpc) is 2.68. The lowest BCUT2D eigenvalue weighted by Crippen LogP contribution is -2.11. The van der Waals surface area contributed by atoms with Gasteiger partial charge in [-0.25, -0.2) is 0 Å². The molecule has 0 saturated heterocycles. The van der Waals surface area contributed by atoms with Gasteiger partial charge in [0.05, 0.1) is 23.4 Å². The molecule has 11 heteroatoms. The highest BCUT2D eigenvalue weighted by molar-refractivity contribution is 6.10. The highest BCUT2D eigenvalue weighted by Crippen LogP contribution is 2.38. The summed E-state index contributed by atoms with van der Waals surface area (Å²) in [5, 5.41) is 20.5. The van der Waals surface area contributed by atoms with Crippen LogP contribution in [-0.2, 0) is 18.8 Å². The van der Waals surface area contributed by atoms with Crippen LogP contribution < -0.4 is 10.2 Å². The van der Waals surface area contributed by atoms with Gasteiger partial charge in [-0.2, -0.15) is 42.0 Å². The number of anilines is 1. The molecule has 0 aliphatic rings. The highest BCUT2D eigenvalue weighted by atomic mass is 19.4. The van der Waals surface area contributed by atoms with Gasteiger partial charge in [-0.15, -0.1) is 0 Å². The summed E-state index contributed by atoms with van der Waals surface area (Å²) in [7, 11) is 0. The van der Waals surface area contributed by atoms with E-state index in [4.69, 9.17) is 15.3 Å². The van der Waals surface area contributed by atoms with Crippen molar-refractivity contribution in [1.82, 2.24) is 0 Å². The van der Waals surface area contributed by atoms with E-state index in [-0.39, 0.29) is 18.7 Å². The lowest BCUT2D eigenvalue weighted by atomic mass is 10.1. The minimum Gasteiger partial charge on any atom is -0.493 e. The summed E-state index contributed by atoms with van der Waals surface area (Å²) in [5.41, 5.74) is 0.00467. The molecule has 5 nitrogen and oxygen atoms in total. The van der Waals surface area contributed by atoms with Crippen molar-refractivity contribution in [1.29, 1.82) is 10.5 Å². The zero-order valence-corrected chi connectivity index (χ0v) is 15.0. The molecular weight excluding hydrogens is 414 g/mol. The van der Waals surface area contributed by atoms with Crippen molar-refractivity contribution in [2.24, 2.45) is 5.10 Å². The Morgan fingerprint density at radius 1 is 0.933 bits per heavy atom. The lowest BCUT2D eigenvalue weighted by Gasteiger charge is -2.15. The van der Waals surface area contributed by atoms with Crippen molar-refractivity contribution in [2.45, 2.75) is 18.8 Å². The van der Waals surface area contributed by atoms with Gasteiger partial charge in [-0.3, -0.25) is 5.43 Å². The molecule has 30 heavy (non-hydrogen) atoms. The molecule has 2 aromatic rings. The molecule has 2 aromatic carbocycles. The Morgan fingerprint density at radius 2 is 1.57 bits per heavy atom. The zero-order valence-electron chi connectivity index (χ0n) is 15.0. The predicted octanol–water partition coefficient (Wildman–Crippen LogP) is 5.16. The number of hydrazone groups is 1. The van der Waals surface area contributed by atoms with Gasteiger partial charge >= 0.3 is 12.4 Å². The van der Waals surface area contributed by atoms with Crippen LogP contribution in [0.3, 0.4) is 0 Å². The monoisotopic (exact) mass is 426 g/mol. The van der Waals surface area contributed by atoms with Crippen LogP contribution >= 0.6 is 0 Å². The standard InChI is InChI=1S/C19H12F6N4O/c20-18(21,22)13-3-1-12(2-4-13)7-8-30-17-6-5-14(9-16(17)19(23,24)25)28-29-15(10-26)11-27/h1-6,9,28H,7-8H2. The van der Waals surface area contributed by atoms with Crippen molar-refractivity contribution in [3.05, 3.63) is 59.2 Å². The topological polar surface area (TPSA) is 81.2 Å². The van der Waals surface area contributed by atoms with Crippen LogP contribution in [0, 0.1) is 22.7 Å². The maximum atomic E-state index is 13.3. The van der Waals surface area contributed by atoms with E-state index in [1.54, 1.807) is 0 Å². The van der Waals surface area contributed by atoms with Gasteiger partial charge in [0.2, 0.25) is 5.71 Å². The third kappa shape index (κ3) is 6.14. The van der Waals surface area contributed by atoms with Gasteiger partial charge in [0, 0.05) is 6.42 Å². The summed E-state index contributed by atoms with van der Waals surface area (Å²) in [4.78, 5) is 0. The average molecular weight is 426 g/mol. The van der Waals surface area contributed by atoms with Crippen LogP contribution in [0.1, 0.15) is 16.7 Å². The Hall–Kier alpha value is -3.73. The molecule has 0 unspecified atom stereocenters. The smallest absolute Gasteiger partial charge is 0.420 e. The molecule has 0 spiro atoms. The first-order valence-electron chi connectivity index (χ1n) is 8.18. The number of hydrogen-bond acceptors (Lipinski definition) is 5. The van der Waals surface area contributed by atoms with Gasteiger partial charge in [0.15, 0.2) is 0 Å². The van der Waals surface area contributed by atoms with Crippen LogP contribution in [0.5, 0.6) is 5.75 Å². The fourth-order valence-electron chi connectivity index (χ4n) is 2.28. The van der Waals surface area contributed by atoms with E-state index in [1.165, 1.54) is 30.3 Å². The van der Waals surface area contributed by atoms with E-state index < -0.39 is 34.9 Å². The number of hydrogen-bond donors (Lipinski definition) is 1. The minimum absolute atomic E-state index is 0.0907. The number of halogens is 6. The highest BCUT2D eigenvalue weighted by Gasteiger charge is 2.35. The number of nitriles is 2. The molecule has 0 amide bonds. The fourth-order valence-corrected chi connectivity index (χ4v) is 2.28. The molecule has 0 saturated carbocycles. The summed E-state index contributed by atoms with van der Waals surface area (Å²) in [6.07, 6.45) is -9.15. The van der Waals surface area contributed by atoms with Crippen LogP contribution in [0.4, 0.5) is 32.0 Å². The van der Waals surface area contributed by atoms with Crippen molar-refractivity contribution in [2.75, 3.05) is 12.0 Å². The summed E-state index contributed by atoms with van der Waals surface area (Å²) in [6.45, 7) is -0.202. The molecule has 0 aliphatic heterocycles. The molecule has 0 atom stereocenters. The van der Waals surface area contributed by atoms with Crippen LogP contribution in [0.2, 0.25) is 0 Å². The Bertz CT molecular complexity index is 982. The Balaban J connectivity index is 2.10. The molecule has 0 aliphatic carbocycles. The van der Waals surface area contributed by atoms with Crippen LogP contribution in [-0.4, -0.2) is 12.3 Å². The third-order valence-corrected chi connectivity index (χ3v) is 3.72. The minimum atomic E-state index is -4.77. The molecular formula is C19H12F6N4O. The summed E-state index contributed by atoms with van der Waals surface area (Å²) in [5.74, 6) is -0.482. The second-order valence-electron chi connectivity index (χ2n) is 5.80. The Morgan fingerprint density at radius 3 is 2.10 bits per heavy atom. The fraction of sp³-hybridized carbons (Fsp3) is 0.211. The second-order valence-corrected chi connectivity index (χ2v) is 5.80. The first kappa shape index (κ1) is 22.6. The third-order valence-electron chi connectivity index (χ3n) is 3.72. The molecule has 156 valence electrons. The number of alkyl halides is 6. The zero-order chi connectivity index (χ0) is 22.4. The van der Waals surface area contributed by atoms with E-state index in [2.05, 4.69) is 10.5 Å². The van der Waals surface area contributed by atoms with Crippen LogP contribution in [0.25, 0.3) is 0 Å².